The molecular formula is C19H19N3O5S. The zero-order valence-corrected chi connectivity index (χ0v) is 16.7. The number of para-hydroxylation sites is 1. The molecule has 2 heterocycles. The number of hydrogen-bond donors (Lipinski definition) is 1. The van der Waals surface area contributed by atoms with Gasteiger partial charge in [0.2, 0.25) is 5.91 Å². The number of carbonyl (C=O) groups is 2. The van der Waals surface area contributed by atoms with Crippen LogP contribution in [-0.2, 0) is 16.1 Å². The van der Waals surface area contributed by atoms with Crippen LogP contribution in [0.25, 0.3) is 10.9 Å². The molecule has 0 saturated carbocycles. The summed E-state index contributed by atoms with van der Waals surface area (Å²) in [5, 5.41) is 3.72. The molecule has 28 heavy (non-hydrogen) atoms. The first kappa shape index (κ1) is 19.6. The normalized spacial score (nSPS) is 10.7. The molecule has 3 aromatic rings. The Hall–Kier alpha value is -3.20. The summed E-state index contributed by atoms with van der Waals surface area (Å²) >= 11 is 1.02. The van der Waals surface area contributed by atoms with Crippen molar-refractivity contribution in [3.63, 3.8) is 0 Å². The number of rotatable bonds is 5. The average Bonchev–Trinajstić information content (AvgIpc) is 3.03. The third-order valence-corrected chi connectivity index (χ3v) is 5.29. The van der Waals surface area contributed by atoms with Crippen molar-refractivity contribution in [1.82, 2.24) is 9.55 Å². The van der Waals surface area contributed by atoms with Crippen LogP contribution in [-0.4, -0.2) is 35.6 Å². The highest BCUT2D eigenvalue weighted by Crippen LogP contribution is 2.27. The van der Waals surface area contributed by atoms with Crippen LogP contribution in [0.3, 0.4) is 0 Å². The van der Waals surface area contributed by atoms with Crippen LogP contribution < -0.4 is 15.6 Å². The third kappa shape index (κ3) is 3.61. The number of methoxy groups -OCH3 is 2. The molecule has 0 aliphatic rings. The fourth-order valence-electron chi connectivity index (χ4n) is 2.93. The maximum atomic E-state index is 12.6. The topological polar surface area (TPSA) is 99.5 Å². The first-order chi connectivity index (χ1) is 13.3. The number of fused-ring (bicyclic) bond motifs is 1. The van der Waals surface area contributed by atoms with Crippen LogP contribution in [0.4, 0.5) is 5.13 Å². The molecule has 1 aromatic carbocycles. The molecule has 146 valence electrons. The second-order valence-electron chi connectivity index (χ2n) is 6.08. The summed E-state index contributed by atoms with van der Waals surface area (Å²) in [4.78, 5) is 41.3. The molecule has 0 radical (unpaired) electrons. The fraction of sp³-hybridized carbons (Fsp3) is 0.263. The summed E-state index contributed by atoms with van der Waals surface area (Å²) in [6, 6.07) is 6.92. The lowest BCUT2D eigenvalue weighted by molar-refractivity contribution is -0.116. The zero-order chi connectivity index (χ0) is 20.4. The lowest BCUT2D eigenvalue weighted by atomic mass is 10.1. The van der Waals surface area contributed by atoms with Gasteiger partial charge in [0.15, 0.2) is 5.13 Å². The minimum absolute atomic E-state index is 0.220. The number of pyridine rings is 1. The maximum absolute atomic E-state index is 12.6. The number of aromatic nitrogens is 2. The second kappa shape index (κ2) is 7.81. The number of esters is 1. The van der Waals surface area contributed by atoms with Crippen LogP contribution in [0, 0.1) is 13.8 Å². The van der Waals surface area contributed by atoms with Crippen LogP contribution in [0.1, 0.15) is 20.9 Å². The fourth-order valence-corrected chi connectivity index (χ4v) is 3.83. The van der Waals surface area contributed by atoms with Crippen molar-refractivity contribution in [2.75, 3.05) is 19.5 Å². The predicted molar refractivity (Wildman–Crippen MR) is 106 cm³/mol. The molecule has 1 amide bonds. The molecule has 0 aliphatic heterocycles. The highest BCUT2D eigenvalue weighted by atomic mass is 32.1. The molecule has 0 aliphatic carbocycles. The Morgan fingerprint density at radius 2 is 2.00 bits per heavy atom. The number of nitrogens with zero attached hydrogens (tertiary/aromatic N) is 2. The van der Waals surface area contributed by atoms with Gasteiger partial charge < -0.3 is 14.8 Å². The summed E-state index contributed by atoms with van der Waals surface area (Å²) in [6.07, 6.45) is 0. The highest BCUT2D eigenvalue weighted by molar-refractivity contribution is 7.17. The van der Waals surface area contributed by atoms with E-state index in [0.29, 0.717) is 21.8 Å². The third-order valence-electron chi connectivity index (χ3n) is 4.24. The standard InChI is InChI=1S/C19H19N3O5S/c1-10-8-15(24)22(16-12(10)6-5-7-13(16)26-3)9-14(23)21-19-20-11(2)17(28-19)18(25)27-4/h5-8H,9H2,1-4H3,(H,20,21,23). The first-order valence-electron chi connectivity index (χ1n) is 8.38. The van der Waals surface area contributed by atoms with Crippen LogP contribution in [0.5, 0.6) is 5.75 Å². The van der Waals surface area contributed by atoms with Gasteiger partial charge in [-0.15, -0.1) is 0 Å². The molecule has 2 aromatic heterocycles. The van der Waals surface area contributed by atoms with Crippen molar-refractivity contribution in [2.24, 2.45) is 0 Å². The van der Waals surface area contributed by atoms with E-state index in [1.807, 2.05) is 19.1 Å². The molecule has 8 nitrogen and oxygen atoms in total. The molecule has 9 heteroatoms. The minimum atomic E-state index is -0.513. The van der Waals surface area contributed by atoms with Gasteiger partial charge in [-0.1, -0.05) is 23.5 Å². The summed E-state index contributed by atoms with van der Waals surface area (Å²) in [5.74, 6) is -0.450. The van der Waals surface area contributed by atoms with E-state index in [1.165, 1.54) is 24.9 Å². The minimum Gasteiger partial charge on any atom is -0.495 e. The van der Waals surface area contributed by atoms with Crippen molar-refractivity contribution in [3.05, 3.63) is 50.8 Å². The van der Waals surface area contributed by atoms with E-state index in [-0.39, 0.29) is 17.2 Å². The number of nitrogens with one attached hydrogen (secondary N) is 1. The molecule has 0 spiro atoms. The van der Waals surface area contributed by atoms with Crippen molar-refractivity contribution < 1.29 is 19.1 Å². The van der Waals surface area contributed by atoms with Gasteiger partial charge >= 0.3 is 5.97 Å². The number of hydrogen-bond acceptors (Lipinski definition) is 7. The average molecular weight is 401 g/mol. The molecule has 0 unspecified atom stereocenters. The van der Waals surface area contributed by atoms with E-state index < -0.39 is 11.9 Å². The Labute approximate surface area is 164 Å². The van der Waals surface area contributed by atoms with Gasteiger partial charge in [-0.3, -0.25) is 14.2 Å². The summed E-state index contributed by atoms with van der Waals surface area (Å²) in [5.41, 5.74) is 1.51. The lowest BCUT2D eigenvalue weighted by Crippen LogP contribution is -2.28. The van der Waals surface area contributed by atoms with Crippen LogP contribution in [0.15, 0.2) is 29.1 Å². The molecule has 0 saturated heterocycles. The van der Waals surface area contributed by atoms with Crippen molar-refractivity contribution in [3.8, 4) is 5.75 Å². The largest absolute Gasteiger partial charge is 0.495 e. The smallest absolute Gasteiger partial charge is 0.350 e. The van der Waals surface area contributed by atoms with E-state index >= 15 is 0 Å². The van der Waals surface area contributed by atoms with Gasteiger partial charge in [-0.05, 0) is 25.5 Å². The van der Waals surface area contributed by atoms with E-state index in [4.69, 9.17) is 9.47 Å². The molecule has 0 fully saturated rings. The van der Waals surface area contributed by atoms with Crippen LogP contribution in [0.2, 0.25) is 0 Å². The SMILES string of the molecule is COC(=O)c1sc(NC(=O)Cn2c(=O)cc(C)c3cccc(OC)c32)nc1C. The van der Waals surface area contributed by atoms with Crippen molar-refractivity contribution in [2.45, 2.75) is 20.4 Å². The van der Waals surface area contributed by atoms with E-state index in [1.54, 1.807) is 13.0 Å². The summed E-state index contributed by atoms with van der Waals surface area (Å²) in [6.45, 7) is 3.27. The number of aryl methyl sites for hydroxylation is 2. The maximum Gasteiger partial charge on any atom is 0.350 e. The highest BCUT2D eigenvalue weighted by Gasteiger charge is 2.18. The van der Waals surface area contributed by atoms with E-state index in [2.05, 4.69) is 10.3 Å². The summed E-state index contributed by atoms with van der Waals surface area (Å²) < 4.78 is 11.4. The van der Waals surface area contributed by atoms with Gasteiger partial charge in [0.25, 0.3) is 5.56 Å². The zero-order valence-electron chi connectivity index (χ0n) is 15.9. The molecule has 3 rings (SSSR count). The van der Waals surface area contributed by atoms with Gasteiger partial charge in [0.1, 0.15) is 17.2 Å². The second-order valence-corrected chi connectivity index (χ2v) is 7.08. The quantitative estimate of drug-likeness (QED) is 0.660. The number of carbonyl (C=O) groups excluding carboxylic acids is 2. The number of thiazole rings is 1. The lowest BCUT2D eigenvalue weighted by Gasteiger charge is -2.14. The number of anilines is 1. The number of benzene rings is 1. The first-order valence-corrected chi connectivity index (χ1v) is 9.20. The van der Waals surface area contributed by atoms with Gasteiger partial charge in [0, 0.05) is 11.5 Å². The Morgan fingerprint density at radius 3 is 2.68 bits per heavy atom. The molecule has 0 bridgehead atoms. The Bertz CT molecular complexity index is 1130. The van der Waals surface area contributed by atoms with E-state index in [9.17, 15) is 14.4 Å². The van der Waals surface area contributed by atoms with Crippen molar-refractivity contribution >= 4 is 39.2 Å². The van der Waals surface area contributed by atoms with E-state index in [0.717, 1.165) is 22.3 Å². The van der Waals surface area contributed by atoms with Gasteiger partial charge in [-0.25, -0.2) is 9.78 Å². The van der Waals surface area contributed by atoms with Crippen molar-refractivity contribution in [1.29, 1.82) is 0 Å². The Balaban J connectivity index is 1.94. The van der Waals surface area contributed by atoms with Crippen LogP contribution >= 0.6 is 11.3 Å². The monoisotopic (exact) mass is 401 g/mol. The van der Waals surface area contributed by atoms with Gasteiger partial charge in [-0.2, -0.15) is 0 Å². The molecule has 0 atom stereocenters. The number of amides is 1. The van der Waals surface area contributed by atoms with Gasteiger partial charge in [0.05, 0.1) is 25.4 Å². The Morgan fingerprint density at radius 1 is 1.25 bits per heavy atom. The number of ether oxygens (including phenoxy) is 2. The molecular weight excluding hydrogens is 382 g/mol. The summed E-state index contributed by atoms with van der Waals surface area (Å²) in [7, 11) is 2.79. The molecule has 1 N–H and O–H groups in total. The Kier molecular flexibility index (Phi) is 5.46. The predicted octanol–water partition coefficient (Wildman–Crippen LogP) is 2.51.